The lowest BCUT2D eigenvalue weighted by molar-refractivity contribution is 0.962. The van der Waals surface area contributed by atoms with E-state index >= 15 is 0 Å². The highest BCUT2D eigenvalue weighted by Gasteiger charge is 1.91. The minimum atomic E-state index is -2.56. The van der Waals surface area contributed by atoms with Gasteiger partial charge in [-0.1, -0.05) is 30.2 Å². The summed E-state index contributed by atoms with van der Waals surface area (Å²) in [5, 5.41) is 0. The largest absolute Gasteiger partial charge is 0.387 e. The Labute approximate surface area is 99.6 Å². The van der Waals surface area contributed by atoms with Crippen LogP contribution in [0.15, 0.2) is 40.2 Å². The lowest BCUT2D eigenvalue weighted by Crippen LogP contribution is -2.16. The van der Waals surface area contributed by atoms with Crippen molar-refractivity contribution in [2.45, 2.75) is 13.3 Å². The SMILES string of the molecule is [2H]c1cc([2H])c(C([2H])([2H])C([2H])N=C(N)N=C(C)N)c([2H])c1[2H]. The van der Waals surface area contributed by atoms with Crippen molar-refractivity contribution in [3.8, 4) is 0 Å². The first kappa shape index (κ1) is 4.79. The molecule has 0 aromatic heterocycles. The Bertz CT molecular complexity index is 638. The van der Waals surface area contributed by atoms with Crippen LogP contribution in [0.25, 0.3) is 0 Å². The molecule has 0 radical (unpaired) electrons. The lowest BCUT2D eigenvalue weighted by atomic mass is 10.2. The molecule has 1 aromatic rings. The quantitative estimate of drug-likeness (QED) is 0.576. The summed E-state index contributed by atoms with van der Waals surface area (Å²) in [6.45, 7) is -0.362. The Morgan fingerprint density at radius 1 is 1.47 bits per heavy atom. The van der Waals surface area contributed by atoms with Crippen molar-refractivity contribution < 1.29 is 9.60 Å². The fraction of sp³-hybridized carbons (Fsp3) is 0.273. The molecule has 0 spiro atoms. The van der Waals surface area contributed by atoms with E-state index in [2.05, 4.69) is 9.98 Å². The molecule has 0 heterocycles. The Morgan fingerprint density at radius 2 is 2.27 bits per heavy atom. The first-order valence-electron chi connectivity index (χ1n) is 7.70. The van der Waals surface area contributed by atoms with Crippen LogP contribution in [0.2, 0.25) is 0 Å². The molecular weight excluding hydrogens is 188 g/mol. The van der Waals surface area contributed by atoms with Crippen molar-refractivity contribution in [1.82, 2.24) is 0 Å². The van der Waals surface area contributed by atoms with Gasteiger partial charge in [-0.05, 0) is 18.9 Å². The molecule has 4 N–H and O–H groups in total. The number of hydrogen-bond acceptors (Lipinski definition) is 1. The number of aliphatic imine (C=N–C) groups is 2. The minimum Gasteiger partial charge on any atom is -0.387 e. The molecule has 80 valence electrons. The standard InChI is InChI=1S/C11H16N4/c1-9(12)15-11(13)14-8-7-10-5-3-2-4-6-10/h2-6H,7-8H2,1H3,(H4,12,13,14,15)/i2D,3D,5D,6D,7D2,8D. The van der Waals surface area contributed by atoms with Gasteiger partial charge in [-0.25, -0.2) is 4.99 Å². The van der Waals surface area contributed by atoms with Crippen LogP contribution in [0.3, 0.4) is 0 Å². The van der Waals surface area contributed by atoms with E-state index in [-0.39, 0.29) is 11.9 Å². The molecule has 1 rings (SSSR count). The van der Waals surface area contributed by atoms with Gasteiger partial charge in [-0.2, -0.15) is 0 Å². The van der Waals surface area contributed by atoms with Gasteiger partial charge in [0.15, 0.2) is 0 Å². The maximum absolute atomic E-state index is 7.95. The average Bonchev–Trinajstić information content (AvgIpc) is 2.34. The van der Waals surface area contributed by atoms with Crippen LogP contribution in [0.5, 0.6) is 0 Å². The summed E-state index contributed by atoms with van der Waals surface area (Å²) in [6.07, 6.45) is -2.56. The third-order valence-corrected chi connectivity index (χ3v) is 1.24. The first-order valence-corrected chi connectivity index (χ1v) is 4.12. The molecule has 0 saturated carbocycles. The van der Waals surface area contributed by atoms with E-state index < -0.39 is 42.5 Å². The maximum Gasteiger partial charge on any atom is 0.216 e. The topological polar surface area (TPSA) is 76.8 Å². The molecule has 1 atom stereocenters. The minimum absolute atomic E-state index is 0.0865. The fourth-order valence-electron chi connectivity index (χ4n) is 0.729. The number of benzene rings is 1. The Morgan fingerprint density at radius 3 is 3.00 bits per heavy atom. The number of hydrogen-bond donors (Lipinski definition) is 2. The van der Waals surface area contributed by atoms with E-state index in [1.165, 1.54) is 6.92 Å². The Balaban J connectivity index is 3.36. The predicted molar refractivity (Wildman–Crippen MR) is 63.9 cm³/mol. The second kappa shape index (κ2) is 5.80. The van der Waals surface area contributed by atoms with Crippen LogP contribution in [0.1, 0.15) is 22.1 Å². The van der Waals surface area contributed by atoms with E-state index in [4.69, 9.17) is 21.1 Å². The number of guanidine groups is 1. The van der Waals surface area contributed by atoms with E-state index in [0.717, 1.165) is 6.07 Å². The summed E-state index contributed by atoms with van der Waals surface area (Å²) < 4.78 is 54.1. The van der Waals surface area contributed by atoms with Gasteiger partial charge in [0, 0.05) is 9.26 Å². The number of nitrogens with two attached hydrogens (primary N) is 2. The van der Waals surface area contributed by atoms with E-state index in [9.17, 15) is 0 Å². The van der Waals surface area contributed by atoms with Crippen LogP contribution >= 0.6 is 0 Å². The Kier molecular flexibility index (Phi) is 1.85. The van der Waals surface area contributed by atoms with Crippen LogP contribution in [0, 0.1) is 0 Å². The summed E-state index contributed by atoms with van der Waals surface area (Å²) in [5.41, 5.74) is 10.2. The molecule has 0 aliphatic rings. The van der Waals surface area contributed by atoms with Crippen LogP contribution < -0.4 is 11.5 Å². The van der Waals surface area contributed by atoms with Crippen LogP contribution in [-0.2, 0) is 6.37 Å². The van der Waals surface area contributed by atoms with E-state index in [0.29, 0.717) is 0 Å². The normalized spacial score (nSPS) is 22.6. The summed E-state index contributed by atoms with van der Waals surface area (Å²) in [7, 11) is 0. The number of amidine groups is 1. The molecule has 0 aliphatic carbocycles. The van der Waals surface area contributed by atoms with Crippen LogP contribution in [0.4, 0.5) is 0 Å². The van der Waals surface area contributed by atoms with Gasteiger partial charge in [0.05, 0.1) is 12.7 Å². The molecule has 1 unspecified atom stereocenters. The maximum atomic E-state index is 7.95. The first-order chi connectivity index (χ1) is 9.98. The van der Waals surface area contributed by atoms with Crippen molar-refractivity contribution in [3.05, 3.63) is 35.8 Å². The van der Waals surface area contributed by atoms with Gasteiger partial charge in [0.1, 0.15) is 0 Å². The van der Waals surface area contributed by atoms with Gasteiger partial charge < -0.3 is 11.5 Å². The summed E-state index contributed by atoms with van der Waals surface area (Å²) in [6, 6.07) is -0.986. The van der Waals surface area contributed by atoms with Crippen molar-refractivity contribution >= 4 is 11.8 Å². The molecule has 0 bridgehead atoms. The van der Waals surface area contributed by atoms with Gasteiger partial charge in [0.2, 0.25) is 5.96 Å². The highest BCUT2D eigenvalue weighted by molar-refractivity contribution is 5.93. The zero-order chi connectivity index (χ0) is 17.2. The molecule has 0 saturated heterocycles. The molecule has 4 heteroatoms. The van der Waals surface area contributed by atoms with E-state index in [1.54, 1.807) is 0 Å². The van der Waals surface area contributed by atoms with Gasteiger partial charge in [0.25, 0.3) is 0 Å². The summed E-state index contributed by atoms with van der Waals surface area (Å²) >= 11 is 0. The summed E-state index contributed by atoms with van der Waals surface area (Å²) in [5.74, 6) is -0.312. The third-order valence-electron chi connectivity index (χ3n) is 1.24. The zero-order valence-electron chi connectivity index (χ0n) is 15.2. The molecule has 0 fully saturated rings. The molecule has 0 amide bonds. The second-order valence-electron chi connectivity index (χ2n) is 2.57. The lowest BCUT2D eigenvalue weighted by Gasteiger charge is -1.97. The van der Waals surface area contributed by atoms with Gasteiger partial charge in [-0.15, -0.1) is 0 Å². The Hall–Kier alpha value is -1.84. The van der Waals surface area contributed by atoms with Gasteiger partial charge >= 0.3 is 0 Å². The molecular formula is C11H16N4. The monoisotopic (exact) mass is 211 g/mol. The third kappa shape index (κ3) is 4.81. The average molecular weight is 211 g/mol. The highest BCUT2D eigenvalue weighted by atomic mass is 15.1. The fourth-order valence-corrected chi connectivity index (χ4v) is 0.729. The number of rotatable bonds is 3. The molecule has 1 aromatic carbocycles. The van der Waals surface area contributed by atoms with Crippen molar-refractivity contribution in [1.29, 1.82) is 0 Å². The summed E-state index contributed by atoms with van der Waals surface area (Å²) in [4.78, 5) is 7.12. The smallest absolute Gasteiger partial charge is 0.216 e. The molecule has 15 heavy (non-hydrogen) atoms. The van der Waals surface area contributed by atoms with Crippen LogP contribution in [-0.4, -0.2) is 18.3 Å². The zero-order valence-corrected chi connectivity index (χ0v) is 8.20. The van der Waals surface area contributed by atoms with E-state index in [1.807, 2.05) is 0 Å². The van der Waals surface area contributed by atoms with Crippen molar-refractivity contribution in [3.63, 3.8) is 0 Å². The second-order valence-corrected chi connectivity index (χ2v) is 2.57. The van der Waals surface area contributed by atoms with Crippen molar-refractivity contribution in [2.75, 3.05) is 6.52 Å². The van der Waals surface area contributed by atoms with Gasteiger partial charge in [-0.3, -0.25) is 4.99 Å². The van der Waals surface area contributed by atoms with Crippen molar-refractivity contribution in [2.24, 2.45) is 21.5 Å². The molecule has 4 nitrogen and oxygen atoms in total. The predicted octanol–water partition coefficient (Wildman–Crippen LogP) is 0.921. The highest BCUT2D eigenvalue weighted by Crippen LogP contribution is 1.99. The number of nitrogens with zero attached hydrogens (tertiary/aromatic N) is 2. The molecule has 0 aliphatic heterocycles.